The summed E-state index contributed by atoms with van der Waals surface area (Å²) in [6.45, 7) is 12.5. The zero-order chi connectivity index (χ0) is 99.3. The Morgan fingerprint density at radius 3 is 0.836 bits per heavy atom. The number of para-hydroxylation sites is 6. The van der Waals surface area contributed by atoms with Gasteiger partial charge >= 0.3 is 0 Å². The molecule has 0 N–H and O–H groups in total. The largest absolute Gasteiger partial charge is 0.309 e. The molecule has 0 atom stereocenters. The number of hydrogen-bond donors (Lipinski definition) is 0. The minimum Gasteiger partial charge on any atom is -0.309 e. The third-order valence-electron chi connectivity index (χ3n) is 26.5. The van der Waals surface area contributed by atoms with Gasteiger partial charge in [0.15, 0.2) is 0 Å². The quantitative estimate of drug-likeness (QED) is 0.114. The molecule has 2 aliphatic heterocycles. The topological polar surface area (TPSA) is 20.8 Å². The van der Waals surface area contributed by atoms with Crippen molar-refractivity contribution in [2.45, 2.75) is 52.4 Å². The lowest BCUT2D eigenvalue weighted by Gasteiger charge is -2.46. The Morgan fingerprint density at radius 2 is 0.523 bits per heavy atom. The van der Waals surface area contributed by atoms with Crippen LogP contribution in [0.15, 0.2) is 424 Å². The molecule has 604 valence electrons. The van der Waals surface area contributed by atoms with Gasteiger partial charge in [-0.15, -0.1) is 0 Å². The Balaban J connectivity index is 0.947. The molecule has 6 heterocycles. The minimum absolute atomic E-state index is 0.0724. The fourth-order valence-corrected chi connectivity index (χ4v) is 20.6. The van der Waals surface area contributed by atoms with Gasteiger partial charge in [-0.1, -0.05) is 357 Å². The average Bonchev–Trinajstić information content (AvgIpc) is 1.44. The number of rotatable bonds is 12. The number of nitrogens with zero attached hydrogens (tertiary/aromatic N) is 5. The maximum atomic E-state index is 10.2. The predicted molar refractivity (Wildman–Crippen MR) is 545 cm³/mol. The molecule has 0 saturated heterocycles. The van der Waals surface area contributed by atoms with E-state index in [2.05, 4.69) is 286 Å². The monoisotopic (exact) mass is 1650 g/mol. The molecule has 0 amide bonds. The Hall–Kier alpha value is -15.8. The molecule has 4 aromatic heterocycles. The summed E-state index contributed by atoms with van der Waals surface area (Å²) in [4.78, 5) is 4.92. The lowest BCUT2D eigenvalue weighted by Crippen LogP contribution is -2.61. The van der Waals surface area contributed by atoms with E-state index in [4.69, 9.17) is 0 Å². The van der Waals surface area contributed by atoms with Crippen LogP contribution in [-0.2, 0) is 10.8 Å². The van der Waals surface area contributed by atoms with E-state index in [1.54, 1.807) is 9.13 Å². The molecule has 5 nitrogen and oxygen atoms in total. The van der Waals surface area contributed by atoms with Crippen molar-refractivity contribution in [3.8, 4) is 100 Å². The summed E-state index contributed by atoms with van der Waals surface area (Å²) in [5.74, 6) is 0. The van der Waals surface area contributed by atoms with Crippen LogP contribution < -0.4 is 26.2 Å². The average molecular weight is 1650 g/mol. The van der Waals surface area contributed by atoms with Gasteiger partial charge in [0.1, 0.15) is 0 Å². The Labute approximate surface area is 768 Å². The minimum atomic E-state index is -0.932. The highest BCUT2D eigenvalue weighted by molar-refractivity contribution is 7.01. The SMILES string of the molecule is [2H]c1c([2H])c([2H])c2c(c1[2H])c1c([2H])c([2H])c([2H])c([2H])c1n2-c1ccc2c(c1)N(c1c(-c3cccc(-c4ccccc4)c3)cc(C(C)(C)C)cc1-c1cccc(-c3ccccc3)c1)c1c3c(c4c5ccccc5n5c6ccccc6c1c45)N(c1c(-c4cccc(-c5ccccc5)c4)cc(C(C)(C)C)cc1-c1cccc(-c4ccccc4)c1)c1cc(-n4c5c([2H])c([2H])c([2H])c([2H])c5c5c([2H])c([2H])c([2H])c([2H])c54)ccc1B23. The lowest BCUT2D eigenvalue weighted by molar-refractivity contribution is 0.590. The van der Waals surface area contributed by atoms with Crippen molar-refractivity contribution in [2.24, 2.45) is 0 Å². The predicted octanol–water partition coefficient (Wildman–Crippen LogP) is 31.0. The molecule has 2 aliphatic rings. The first-order valence-electron chi connectivity index (χ1n) is 51.6. The molecule has 0 bridgehead atoms. The number of hydrogen-bond acceptors (Lipinski definition) is 2. The second-order valence-corrected chi connectivity index (χ2v) is 35.9. The standard InChI is InChI=1S/C122H88BN5/c1-121(2,3)89-71-99(85-47-31-43-81(67-85)77-35-11-7-12-36-77)116(100(72-89)86-48-32-44-82(68-86)78-37-13-8-14-38-78)127-111-75-91(124-105-57-25-19-51-93(105)94-52-20-26-58-106(94)124)63-65-103(111)123-104-66-64-92(125-107-59-27-21-53-95(107)96-54-22-28-60-108(96)125)76-112(104)128(120-114-98-56-24-30-62-110(98)126-109-61-29-23-55-97(109)113(118(114)126)119(127)115(120)123)117-101(87-49-33-45-83(69-87)79-39-15-9-16-40-79)73-90(122(4,5)6)74-102(117)88-50-34-46-84(70-88)80-41-17-10-18-42-80/h7-76H,1-6H3/i19D,20D,21D,22D,25D,26D,27D,28D,51D,52D,53D,54D,57D,58D,59D,60D. The normalized spacial score (nSPS) is 14.5. The van der Waals surface area contributed by atoms with E-state index in [0.717, 1.165) is 166 Å². The highest BCUT2D eigenvalue weighted by atomic mass is 15.2. The molecule has 128 heavy (non-hydrogen) atoms. The van der Waals surface area contributed by atoms with Crippen LogP contribution in [0.2, 0.25) is 0 Å². The number of anilines is 6. The van der Waals surface area contributed by atoms with Crippen molar-refractivity contribution in [2.75, 3.05) is 9.80 Å². The number of aromatic nitrogens is 3. The second kappa shape index (κ2) is 28.9. The van der Waals surface area contributed by atoms with E-state index >= 15 is 0 Å². The summed E-state index contributed by atoms with van der Waals surface area (Å²) in [6, 6.07) is 106. The smallest absolute Gasteiger partial charge is 0.252 e. The van der Waals surface area contributed by atoms with E-state index in [9.17, 15) is 21.9 Å². The Kier molecular flexibility index (Phi) is 13.5. The molecule has 0 aliphatic carbocycles. The molecule has 0 unspecified atom stereocenters. The van der Waals surface area contributed by atoms with E-state index < -0.39 is 114 Å². The van der Waals surface area contributed by atoms with Crippen molar-refractivity contribution in [3.05, 3.63) is 435 Å². The summed E-state index contributed by atoms with van der Waals surface area (Å²) in [7, 11) is 0. The lowest BCUT2D eigenvalue weighted by atomic mass is 9.33. The molecular weight excluding hydrogens is 1550 g/mol. The molecule has 0 radical (unpaired) electrons. The van der Waals surface area contributed by atoms with Crippen molar-refractivity contribution in [1.82, 2.24) is 13.5 Å². The van der Waals surface area contributed by atoms with Crippen molar-refractivity contribution < 1.29 is 21.9 Å². The van der Waals surface area contributed by atoms with Gasteiger partial charge in [0.2, 0.25) is 0 Å². The molecule has 6 heteroatoms. The summed E-state index contributed by atoms with van der Waals surface area (Å²) < 4.78 is 162. The third kappa shape index (κ3) is 11.6. The molecule has 19 aromatic carbocycles. The van der Waals surface area contributed by atoms with Gasteiger partial charge in [-0.3, -0.25) is 0 Å². The molecule has 0 spiro atoms. The van der Waals surface area contributed by atoms with Gasteiger partial charge in [0, 0.05) is 88.1 Å². The number of fused-ring (bicyclic) bond motifs is 18. The van der Waals surface area contributed by atoms with E-state index in [-0.39, 0.29) is 55.0 Å². The zero-order valence-corrected chi connectivity index (χ0v) is 71.0. The van der Waals surface area contributed by atoms with Crippen molar-refractivity contribution in [1.29, 1.82) is 0 Å². The molecule has 25 rings (SSSR count). The van der Waals surface area contributed by atoms with Crippen LogP contribution in [0.1, 0.15) is 74.6 Å². The number of benzene rings is 19. The summed E-state index contributed by atoms with van der Waals surface area (Å²) in [6.07, 6.45) is 0. The second-order valence-electron chi connectivity index (χ2n) is 35.9. The fourth-order valence-electron chi connectivity index (χ4n) is 20.6. The van der Waals surface area contributed by atoms with Crippen molar-refractivity contribution in [3.63, 3.8) is 0 Å². The van der Waals surface area contributed by atoms with Crippen LogP contribution in [0, 0.1) is 0 Å². The van der Waals surface area contributed by atoms with Gasteiger partial charge in [-0.05, 0) is 214 Å². The fraction of sp³-hybridized carbons (Fsp3) is 0.0656. The first kappa shape index (κ1) is 59.9. The van der Waals surface area contributed by atoms with Crippen LogP contribution in [-0.4, -0.2) is 20.2 Å². The highest BCUT2D eigenvalue weighted by Crippen LogP contribution is 2.61. The Bertz CT molecular complexity index is 8620. The van der Waals surface area contributed by atoms with Gasteiger partial charge in [-0.25, -0.2) is 0 Å². The summed E-state index contributed by atoms with van der Waals surface area (Å²) in [5.41, 5.74) is 24.6. The molecule has 23 aromatic rings. The Morgan fingerprint density at radius 1 is 0.242 bits per heavy atom. The van der Waals surface area contributed by atoms with Crippen LogP contribution >= 0.6 is 0 Å². The van der Waals surface area contributed by atoms with Crippen LogP contribution in [0.5, 0.6) is 0 Å². The summed E-state index contributed by atoms with van der Waals surface area (Å²) >= 11 is 0. The first-order chi connectivity index (χ1) is 69.4. The zero-order valence-electron chi connectivity index (χ0n) is 87.0. The maximum Gasteiger partial charge on any atom is 0.252 e. The van der Waals surface area contributed by atoms with Crippen LogP contribution in [0.4, 0.5) is 34.1 Å². The maximum absolute atomic E-state index is 10.2. The molecule has 0 fully saturated rings. The van der Waals surface area contributed by atoms with Crippen LogP contribution in [0.25, 0.3) is 182 Å². The highest BCUT2D eigenvalue weighted by Gasteiger charge is 2.49. The van der Waals surface area contributed by atoms with Gasteiger partial charge in [0.25, 0.3) is 6.71 Å². The van der Waals surface area contributed by atoms with Crippen LogP contribution in [0.3, 0.4) is 0 Å². The van der Waals surface area contributed by atoms with Gasteiger partial charge in [0.05, 0.1) is 83.3 Å². The van der Waals surface area contributed by atoms with Crippen molar-refractivity contribution >= 4 is 139 Å². The van der Waals surface area contributed by atoms with Gasteiger partial charge < -0.3 is 23.3 Å². The first-order valence-corrected chi connectivity index (χ1v) is 43.6. The van der Waals surface area contributed by atoms with E-state index in [1.165, 1.54) is 0 Å². The molecular formula is C122H88BN5. The van der Waals surface area contributed by atoms with Gasteiger partial charge in [-0.2, -0.15) is 0 Å². The van der Waals surface area contributed by atoms with E-state index in [0.29, 0.717) is 22.3 Å². The molecule has 0 saturated carbocycles. The summed E-state index contributed by atoms with van der Waals surface area (Å²) in [5, 5.41) is 3.13. The third-order valence-corrected chi connectivity index (χ3v) is 26.5. The van der Waals surface area contributed by atoms with E-state index in [1.807, 2.05) is 97.1 Å².